The maximum absolute atomic E-state index is 12.1. The predicted molar refractivity (Wildman–Crippen MR) is 96.2 cm³/mol. The van der Waals surface area contributed by atoms with Gasteiger partial charge in [-0.1, -0.05) is 42.4 Å². The molecule has 3 aromatic rings. The van der Waals surface area contributed by atoms with Gasteiger partial charge in [0.05, 0.1) is 23.2 Å². The van der Waals surface area contributed by atoms with Crippen LogP contribution in [0.5, 0.6) is 0 Å². The number of benzene rings is 2. The summed E-state index contributed by atoms with van der Waals surface area (Å²) in [5.74, 6) is 0.510. The monoisotopic (exact) mass is 340 g/mol. The topological polar surface area (TPSA) is 58.9 Å². The minimum absolute atomic E-state index is 0.173. The number of para-hydroxylation sites is 2. The van der Waals surface area contributed by atoms with Gasteiger partial charge in [0, 0.05) is 12.1 Å². The molecule has 0 bridgehead atoms. The molecule has 2 aromatic carbocycles. The second-order valence-electron chi connectivity index (χ2n) is 5.41. The van der Waals surface area contributed by atoms with Crippen LogP contribution in [-0.2, 0) is 18.3 Å². The molecule has 0 aliphatic heterocycles. The minimum atomic E-state index is -0.191. The molecule has 0 atom stereocenters. The zero-order valence-electron chi connectivity index (χ0n) is 13.2. The summed E-state index contributed by atoms with van der Waals surface area (Å²) in [4.78, 5) is 16.6. The van der Waals surface area contributed by atoms with Crippen molar-refractivity contribution in [1.29, 1.82) is 0 Å². The molecule has 1 heterocycles. The number of nitrogens with zero attached hydrogens (tertiary/aromatic N) is 2. The number of hydrazine groups is 1. The number of fused-ring (bicyclic) bond motifs is 1. The first-order valence-corrected chi connectivity index (χ1v) is 7.82. The van der Waals surface area contributed by atoms with Crippen molar-refractivity contribution in [2.45, 2.75) is 6.42 Å². The van der Waals surface area contributed by atoms with Crippen molar-refractivity contribution < 1.29 is 4.79 Å². The summed E-state index contributed by atoms with van der Waals surface area (Å²) in [5, 5.41) is 0.650. The van der Waals surface area contributed by atoms with Gasteiger partial charge in [-0.2, -0.15) is 0 Å². The van der Waals surface area contributed by atoms with Crippen LogP contribution in [0.4, 0.5) is 0 Å². The van der Waals surface area contributed by atoms with Crippen molar-refractivity contribution in [3.63, 3.8) is 0 Å². The molecule has 3 rings (SSSR count). The lowest BCUT2D eigenvalue weighted by molar-refractivity contribution is -0.121. The van der Waals surface area contributed by atoms with Gasteiger partial charge in [0.2, 0.25) is 5.91 Å². The molecule has 0 unspecified atom stereocenters. The second-order valence-corrected chi connectivity index (χ2v) is 5.85. The highest BCUT2D eigenvalue weighted by atomic mass is 35.5. The summed E-state index contributed by atoms with van der Waals surface area (Å²) in [6.45, 7) is 3.90. The van der Waals surface area contributed by atoms with Crippen molar-refractivity contribution in [1.82, 2.24) is 20.4 Å². The number of aromatic nitrogens is 2. The van der Waals surface area contributed by atoms with Gasteiger partial charge < -0.3 is 4.57 Å². The fourth-order valence-electron chi connectivity index (χ4n) is 2.41. The van der Waals surface area contributed by atoms with E-state index in [4.69, 9.17) is 11.6 Å². The van der Waals surface area contributed by atoms with E-state index in [-0.39, 0.29) is 12.3 Å². The molecule has 0 aliphatic rings. The molecule has 6 heteroatoms. The lowest BCUT2D eigenvalue weighted by Gasteiger charge is -2.11. The molecule has 0 spiro atoms. The Labute approximate surface area is 144 Å². The lowest BCUT2D eigenvalue weighted by atomic mass is 10.2. The highest BCUT2D eigenvalue weighted by molar-refractivity contribution is 6.30. The fraction of sp³-hybridized carbons (Fsp3) is 0.111. The van der Waals surface area contributed by atoms with E-state index < -0.39 is 0 Å². The summed E-state index contributed by atoms with van der Waals surface area (Å²) in [6.07, 6.45) is 0.173. The molecule has 0 saturated heterocycles. The highest BCUT2D eigenvalue weighted by Gasteiger charge is 2.11. The van der Waals surface area contributed by atoms with Gasteiger partial charge in [-0.3, -0.25) is 15.6 Å². The Kier molecular flexibility index (Phi) is 4.53. The first-order valence-electron chi connectivity index (χ1n) is 7.44. The molecule has 122 valence electrons. The molecule has 0 aliphatic carbocycles. The van der Waals surface area contributed by atoms with E-state index in [9.17, 15) is 4.79 Å². The predicted octanol–water partition coefficient (Wildman–Crippen LogP) is 3.06. The van der Waals surface area contributed by atoms with Crippen molar-refractivity contribution in [3.8, 4) is 0 Å². The summed E-state index contributed by atoms with van der Waals surface area (Å²) in [6, 6.07) is 15.0. The first-order chi connectivity index (χ1) is 11.5. The van der Waals surface area contributed by atoms with Crippen LogP contribution in [-0.4, -0.2) is 15.5 Å². The van der Waals surface area contributed by atoms with Crippen LogP contribution in [0, 0.1) is 0 Å². The quantitative estimate of drug-likeness (QED) is 0.702. The van der Waals surface area contributed by atoms with E-state index in [0.717, 1.165) is 16.6 Å². The van der Waals surface area contributed by atoms with Gasteiger partial charge in [0.25, 0.3) is 0 Å². The lowest BCUT2D eigenvalue weighted by Crippen LogP contribution is -2.37. The summed E-state index contributed by atoms with van der Waals surface area (Å²) < 4.78 is 1.92. The Balaban J connectivity index is 1.62. The minimum Gasteiger partial charge on any atom is -0.331 e. The molecular weight excluding hydrogens is 324 g/mol. The number of hydrogen-bond acceptors (Lipinski definition) is 3. The average Bonchev–Trinajstić information content (AvgIpc) is 2.89. The Morgan fingerprint density at radius 3 is 2.58 bits per heavy atom. The summed E-state index contributed by atoms with van der Waals surface area (Å²) >= 11 is 5.85. The number of amides is 1. The second kappa shape index (κ2) is 6.76. The van der Waals surface area contributed by atoms with E-state index in [1.54, 1.807) is 12.1 Å². The average molecular weight is 341 g/mol. The molecule has 2 N–H and O–H groups in total. The van der Waals surface area contributed by atoms with Crippen LogP contribution in [0.15, 0.2) is 55.1 Å². The summed E-state index contributed by atoms with van der Waals surface area (Å²) in [7, 11) is 1.90. The number of carbonyl (C=O) groups excluding carboxylic acids is 1. The Morgan fingerprint density at radius 1 is 1.17 bits per heavy atom. The van der Waals surface area contributed by atoms with Gasteiger partial charge in [-0.25, -0.2) is 4.98 Å². The Hall–Kier alpha value is -2.79. The Morgan fingerprint density at radius 2 is 1.88 bits per heavy atom. The maximum Gasteiger partial charge on any atom is 0.245 e. The summed E-state index contributed by atoms with van der Waals surface area (Å²) in [5.41, 5.74) is 8.77. The maximum atomic E-state index is 12.1. The number of rotatable bonds is 5. The fourth-order valence-corrected chi connectivity index (χ4v) is 2.54. The van der Waals surface area contributed by atoms with Crippen LogP contribution in [0.25, 0.3) is 16.7 Å². The van der Waals surface area contributed by atoms with Crippen LogP contribution in [0.1, 0.15) is 11.4 Å². The smallest absolute Gasteiger partial charge is 0.245 e. The molecule has 5 nitrogen and oxygen atoms in total. The largest absolute Gasteiger partial charge is 0.331 e. The third kappa shape index (κ3) is 3.41. The van der Waals surface area contributed by atoms with Crippen molar-refractivity contribution in [2.24, 2.45) is 7.05 Å². The van der Waals surface area contributed by atoms with Gasteiger partial charge >= 0.3 is 0 Å². The number of hydrogen-bond donors (Lipinski definition) is 2. The third-order valence-corrected chi connectivity index (χ3v) is 4.00. The van der Waals surface area contributed by atoms with E-state index in [1.165, 1.54) is 0 Å². The molecular formula is C18H17ClN4O. The van der Waals surface area contributed by atoms with E-state index in [1.807, 2.05) is 48.0 Å². The molecule has 0 fully saturated rings. The van der Waals surface area contributed by atoms with Crippen LogP contribution in [0.3, 0.4) is 0 Å². The Bertz CT molecular complexity index is 899. The number of nitrogens with one attached hydrogen (secondary N) is 2. The van der Waals surface area contributed by atoms with Crippen molar-refractivity contribution in [2.75, 3.05) is 0 Å². The molecule has 1 aromatic heterocycles. The first kappa shape index (κ1) is 16.1. The van der Waals surface area contributed by atoms with Gasteiger partial charge in [-0.05, 0) is 29.8 Å². The van der Waals surface area contributed by atoms with Gasteiger partial charge in [-0.15, -0.1) is 0 Å². The van der Waals surface area contributed by atoms with Crippen LogP contribution >= 0.6 is 11.6 Å². The standard InChI is InChI=1S/C18H17ClN4O/c1-12(13-7-9-14(19)10-8-13)21-22-18(24)11-17-20-15-5-3-4-6-16(15)23(17)2/h3-10,21H,1,11H2,2H3,(H,22,24). The number of carbonyl (C=O) groups is 1. The SMILES string of the molecule is C=C(NNC(=O)Cc1nc2ccccc2n1C)c1ccc(Cl)cc1. The number of imidazole rings is 1. The van der Waals surface area contributed by atoms with E-state index in [2.05, 4.69) is 22.4 Å². The molecule has 0 radical (unpaired) electrons. The van der Waals surface area contributed by atoms with Crippen LogP contribution < -0.4 is 10.9 Å². The van der Waals surface area contributed by atoms with Crippen molar-refractivity contribution >= 4 is 34.2 Å². The number of aryl methyl sites for hydroxylation is 1. The molecule has 24 heavy (non-hydrogen) atoms. The van der Waals surface area contributed by atoms with E-state index >= 15 is 0 Å². The highest BCUT2D eigenvalue weighted by Crippen LogP contribution is 2.15. The molecule has 0 saturated carbocycles. The number of halogens is 1. The van der Waals surface area contributed by atoms with Crippen molar-refractivity contribution in [3.05, 3.63) is 71.5 Å². The van der Waals surface area contributed by atoms with Crippen LogP contribution in [0.2, 0.25) is 5.02 Å². The van der Waals surface area contributed by atoms with E-state index in [0.29, 0.717) is 16.5 Å². The molecule has 1 amide bonds. The van der Waals surface area contributed by atoms with Gasteiger partial charge in [0.15, 0.2) is 0 Å². The zero-order chi connectivity index (χ0) is 17.1. The zero-order valence-corrected chi connectivity index (χ0v) is 14.0. The normalized spacial score (nSPS) is 10.6. The third-order valence-electron chi connectivity index (χ3n) is 3.74. The van der Waals surface area contributed by atoms with Gasteiger partial charge in [0.1, 0.15) is 5.82 Å².